The Balaban J connectivity index is 2.59. The van der Waals surface area contributed by atoms with Crippen molar-refractivity contribution in [1.29, 1.82) is 0 Å². The predicted molar refractivity (Wildman–Crippen MR) is 78.9 cm³/mol. The molecule has 2 amide bonds. The van der Waals surface area contributed by atoms with Crippen LogP contribution in [0.3, 0.4) is 0 Å². The zero-order chi connectivity index (χ0) is 15.1. The fourth-order valence-electron chi connectivity index (χ4n) is 1.80. The molecule has 3 N–H and O–H groups in total. The van der Waals surface area contributed by atoms with Gasteiger partial charge in [0, 0.05) is 11.7 Å². The monoisotopic (exact) mass is 278 g/mol. The number of carboxylic acid groups (broad SMARTS) is 1. The summed E-state index contributed by atoms with van der Waals surface area (Å²) < 4.78 is 0. The van der Waals surface area contributed by atoms with E-state index in [0.717, 1.165) is 6.42 Å². The minimum absolute atomic E-state index is 0.0551. The molecule has 0 aliphatic heterocycles. The number of carbonyl (C=O) groups excluding carboxylic acids is 1. The Morgan fingerprint density at radius 3 is 2.60 bits per heavy atom. The van der Waals surface area contributed by atoms with Gasteiger partial charge in [-0.2, -0.15) is 0 Å². The second-order valence-electron chi connectivity index (χ2n) is 5.04. The molecule has 5 heteroatoms. The summed E-state index contributed by atoms with van der Waals surface area (Å²) in [6, 6.07) is 6.67. The lowest BCUT2D eigenvalue weighted by atomic mass is 10.0. The SMILES string of the molecule is CCC(C)C(C)NC(=O)Nc1cccc(CC(=O)O)c1. The molecule has 0 bridgehead atoms. The highest BCUT2D eigenvalue weighted by Gasteiger charge is 2.13. The van der Waals surface area contributed by atoms with Crippen LogP contribution in [-0.2, 0) is 11.2 Å². The molecule has 5 nitrogen and oxygen atoms in total. The molecule has 0 aliphatic carbocycles. The van der Waals surface area contributed by atoms with Crippen LogP contribution in [0.4, 0.5) is 10.5 Å². The normalized spacial score (nSPS) is 13.3. The number of aliphatic carboxylic acids is 1. The molecule has 0 aromatic heterocycles. The summed E-state index contributed by atoms with van der Waals surface area (Å²) in [5.41, 5.74) is 1.25. The van der Waals surface area contributed by atoms with E-state index in [1.165, 1.54) is 0 Å². The highest BCUT2D eigenvalue weighted by atomic mass is 16.4. The van der Waals surface area contributed by atoms with Crippen molar-refractivity contribution >= 4 is 17.7 Å². The summed E-state index contributed by atoms with van der Waals surface area (Å²) >= 11 is 0. The summed E-state index contributed by atoms with van der Waals surface area (Å²) in [6.45, 7) is 6.13. The Morgan fingerprint density at radius 1 is 1.30 bits per heavy atom. The second-order valence-corrected chi connectivity index (χ2v) is 5.04. The third-order valence-corrected chi connectivity index (χ3v) is 3.40. The van der Waals surface area contributed by atoms with E-state index in [1.807, 2.05) is 6.92 Å². The van der Waals surface area contributed by atoms with Gasteiger partial charge in [-0.3, -0.25) is 4.79 Å². The molecule has 0 saturated heterocycles. The van der Waals surface area contributed by atoms with Gasteiger partial charge in [-0.25, -0.2) is 4.79 Å². The van der Waals surface area contributed by atoms with E-state index in [9.17, 15) is 9.59 Å². The molecule has 0 heterocycles. The van der Waals surface area contributed by atoms with E-state index >= 15 is 0 Å². The Morgan fingerprint density at radius 2 is 2.00 bits per heavy atom. The zero-order valence-electron chi connectivity index (χ0n) is 12.1. The van der Waals surface area contributed by atoms with Crippen molar-refractivity contribution in [2.24, 2.45) is 5.92 Å². The van der Waals surface area contributed by atoms with Gasteiger partial charge in [0.2, 0.25) is 0 Å². The third-order valence-electron chi connectivity index (χ3n) is 3.40. The van der Waals surface area contributed by atoms with Crippen molar-refractivity contribution in [2.45, 2.75) is 39.7 Å². The van der Waals surface area contributed by atoms with Gasteiger partial charge in [-0.1, -0.05) is 32.4 Å². The number of nitrogens with one attached hydrogen (secondary N) is 2. The minimum atomic E-state index is -0.892. The number of benzene rings is 1. The van der Waals surface area contributed by atoms with Crippen molar-refractivity contribution < 1.29 is 14.7 Å². The van der Waals surface area contributed by atoms with Gasteiger partial charge >= 0.3 is 12.0 Å². The van der Waals surface area contributed by atoms with Crippen LogP contribution in [0.2, 0.25) is 0 Å². The number of carboxylic acids is 1. The maximum atomic E-state index is 11.8. The molecule has 0 spiro atoms. The van der Waals surface area contributed by atoms with Crippen molar-refractivity contribution in [1.82, 2.24) is 5.32 Å². The van der Waals surface area contributed by atoms with Gasteiger partial charge in [0.25, 0.3) is 0 Å². The molecule has 1 rings (SSSR count). The first kappa shape index (κ1) is 16.0. The number of anilines is 1. The molecular weight excluding hydrogens is 256 g/mol. The topological polar surface area (TPSA) is 78.4 Å². The van der Waals surface area contributed by atoms with Crippen molar-refractivity contribution in [3.63, 3.8) is 0 Å². The lowest BCUT2D eigenvalue weighted by Gasteiger charge is -2.20. The summed E-state index contributed by atoms with van der Waals surface area (Å²) in [5.74, 6) is -0.490. The molecule has 0 aliphatic rings. The fourth-order valence-corrected chi connectivity index (χ4v) is 1.80. The molecule has 2 unspecified atom stereocenters. The van der Waals surface area contributed by atoms with Crippen LogP contribution < -0.4 is 10.6 Å². The van der Waals surface area contributed by atoms with Crippen LogP contribution in [0.1, 0.15) is 32.8 Å². The van der Waals surface area contributed by atoms with E-state index in [4.69, 9.17) is 5.11 Å². The van der Waals surface area contributed by atoms with E-state index in [0.29, 0.717) is 17.2 Å². The maximum Gasteiger partial charge on any atom is 0.319 e. The smallest absolute Gasteiger partial charge is 0.319 e. The summed E-state index contributed by atoms with van der Waals surface area (Å²) in [5, 5.41) is 14.3. The number of carbonyl (C=O) groups is 2. The van der Waals surface area contributed by atoms with Gasteiger partial charge in [-0.15, -0.1) is 0 Å². The van der Waals surface area contributed by atoms with Crippen LogP contribution >= 0.6 is 0 Å². The Bertz CT molecular complexity index is 474. The van der Waals surface area contributed by atoms with Gasteiger partial charge in [-0.05, 0) is 30.5 Å². The maximum absolute atomic E-state index is 11.8. The number of urea groups is 1. The highest BCUT2D eigenvalue weighted by Crippen LogP contribution is 2.12. The first-order valence-electron chi connectivity index (χ1n) is 6.80. The summed E-state index contributed by atoms with van der Waals surface area (Å²) in [6.07, 6.45) is 0.940. The van der Waals surface area contributed by atoms with Crippen molar-refractivity contribution in [3.05, 3.63) is 29.8 Å². The zero-order valence-corrected chi connectivity index (χ0v) is 12.1. The molecule has 0 saturated carbocycles. The quantitative estimate of drug-likeness (QED) is 0.748. The number of amides is 2. The highest BCUT2D eigenvalue weighted by molar-refractivity contribution is 5.89. The number of hydrogen-bond donors (Lipinski definition) is 3. The molecule has 2 atom stereocenters. The first-order valence-corrected chi connectivity index (χ1v) is 6.80. The Labute approximate surface area is 119 Å². The molecule has 20 heavy (non-hydrogen) atoms. The molecule has 1 aromatic rings. The van der Waals surface area contributed by atoms with Crippen LogP contribution in [0, 0.1) is 5.92 Å². The fraction of sp³-hybridized carbons (Fsp3) is 0.467. The average Bonchev–Trinajstić information content (AvgIpc) is 2.37. The van der Waals surface area contributed by atoms with Gasteiger partial charge in [0.1, 0.15) is 0 Å². The standard InChI is InChI=1S/C15H22N2O3/c1-4-10(2)11(3)16-15(20)17-13-7-5-6-12(8-13)9-14(18)19/h5-8,10-11H,4,9H2,1-3H3,(H,18,19)(H2,16,17,20). The van der Waals surface area contributed by atoms with Crippen LogP contribution in [0.15, 0.2) is 24.3 Å². The first-order chi connectivity index (χ1) is 9.42. The van der Waals surface area contributed by atoms with Crippen molar-refractivity contribution in [3.8, 4) is 0 Å². The van der Waals surface area contributed by atoms with E-state index in [-0.39, 0.29) is 18.5 Å². The van der Waals surface area contributed by atoms with Gasteiger partial charge in [0.05, 0.1) is 6.42 Å². The summed E-state index contributed by atoms with van der Waals surface area (Å²) in [4.78, 5) is 22.5. The van der Waals surface area contributed by atoms with E-state index in [1.54, 1.807) is 24.3 Å². The second kappa shape index (κ2) is 7.53. The molecule has 0 fully saturated rings. The Kier molecular flexibility index (Phi) is 6.03. The van der Waals surface area contributed by atoms with E-state index < -0.39 is 5.97 Å². The van der Waals surface area contributed by atoms with Crippen molar-refractivity contribution in [2.75, 3.05) is 5.32 Å². The third kappa shape index (κ3) is 5.30. The predicted octanol–water partition coefficient (Wildman–Crippen LogP) is 2.87. The molecule has 0 radical (unpaired) electrons. The largest absolute Gasteiger partial charge is 0.481 e. The van der Waals surface area contributed by atoms with Crippen LogP contribution in [0.5, 0.6) is 0 Å². The van der Waals surface area contributed by atoms with Crippen LogP contribution in [0.25, 0.3) is 0 Å². The lowest BCUT2D eigenvalue weighted by molar-refractivity contribution is -0.136. The summed E-state index contributed by atoms with van der Waals surface area (Å²) in [7, 11) is 0. The Hall–Kier alpha value is -2.04. The van der Waals surface area contributed by atoms with Gasteiger partial charge < -0.3 is 15.7 Å². The number of rotatable bonds is 6. The van der Waals surface area contributed by atoms with E-state index in [2.05, 4.69) is 24.5 Å². The van der Waals surface area contributed by atoms with Gasteiger partial charge in [0.15, 0.2) is 0 Å². The average molecular weight is 278 g/mol. The van der Waals surface area contributed by atoms with Crippen LogP contribution in [-0.4, -0.2) is 23.1 Å². The number of hydrogen-bond acceptors (Lipinski definition) is 2. The lowest BCUT2D eigenvalue weighted by Crippen LogP contribution is -2.39. The minimum Gasteiger partial charge on any atom is -0.481 e. The molecule has 110 valence electrons. The molecule has 1 aromatic carbocycles. The molecular formula is C15H22N2O3.